The van der Waals surface area contributed by atoms with Crippen LogP contribution in [0.4, 0.5) is 0 Å². The second kappa shape index (κ2) is 5.92. The second-order valence-electron chi connectivity index (χ2n) is 4.57. The number of hydrogen-bond acceptors (Lipinski definition) is 3. The van der Waals surface area contributed by atoms with E-state index in [2.05, 4.69) is 28.6 Å². The minimum absolute atomic E-state index is 0.807. The molecule has 0 aromatic rings. The standard InChI is InChI=1S/C12H22N2S/c1-11(12-2-8-15-9-3-12)10-14-6-4-13-5-7-14/h12-13H,1-10H2. The van der Waals surface area contributed by atoms with E-state index in [1.165, 1.54) is 43.0 Å². The highest BCUT2D eigenvalue weighted by Crippen LogP contribution is 2.28. The second-order valence-corrected chi connectivity index (χ2v) is 5.80. The third kappa shape index (κ3) is 3.51. The fourth-order valence-electron chi connectivity index (χ4n) is 2.39. The average Bonchev–Trinajstić information content (AvgIpc) is 2.31. The smallest absolute Gasteiger partial charge is 0.0194 e. The van der Waals surface area contributed by atoms with Crippen LogP contribution in [-0.4, -0.2) is 49.1 Å². The summed E-state index contributed by atoms with van der Waals surface area (Å²) in [7, 11) is 0. The van der Waals surface area contributed by atoms with Crippen molar-refractivity contribution in [3.05, 3.63) is 12.2 Å². The molecule has 15 heavy (non-hydrogen) atoms. The molecule has 0 bridgehead atoms. The summed E-state index contributed by atoms with van der Waals surface area (Å²) in [6.45, 7) is 10.1. The lowest BCUT2D eigenvalue weighted by molar-refractivity contribution is 0.251. The molecular formula is C12H22N2S. The largest absolute Gasteiger partial charge is 0.314 e. The molecule has 0 amide bonds. The molecule has 1 N–H and O–H groups in total. The molecule has 2 aliphatic heterocycles. The number of piperazine rings is 1. The Bertz CT molecular complexity index is 206. The molecule has 2 heterocycles. The van der Waals surface area contributed by atoms with Gasteiger partial charge in [-0.05, 0) is 30.3 Å². The Morgan fingerprint density at radius 3 is 2.60 bits per heavy atom. The van der Waals surface area contributed by atoms with Crippen LogP contribution in [0.1, 0.15) is 12.8 Å². The summed E-state index contributed by atoms with van der Waals surface area (Å²) in [6, 6.07) is 0. The van der Waals surface area contributed by atoms with Gasteiger partial charge in [-0.15, -0.1) is 0 Å². The maximum atomic E-state index is 4.30. The molecule has 0 atom stereocenters. The van der Waals surface area contributed by atoms with Gasteiger partial charge in [0.25, 0.3) is 0 Å². The van der Waals surface area contributed by atoms with Crippen molar-refractivity contribution in [1.29, 1.82) is 0 Å². The molecule has 86 valence electrons. The van der Waals surface area contributed by atoms with Crippen molar-refractivity contribution in [2.45, 2.75) is 12.8 Å². The molecule has 0 aromatic carbocycles. The first-order valence-corrected chi connectivity index (χ1v) is 7.20. The van der Waals surface area contributed by atoms with E-state index in [0.717, 1.165) is 25.6 Å². The van der Waals surface area contributed by atoms with Gasteiger partial charge in [-0.3, -0.25) is 4.90 Å². The van der Waals surface area contributed by atoms with Gasteiger partial charge in [-0.25, -0.2) is 0 Å². The lowest BCUT2D eigenvalue weighted by atomic mass is 9.94. The predicted molar refractivity (Wildman–Crippen MR) is 68.5 cm³/mol. The number of rotatable bonds is 3. The van der Waals surface area contributed by atoms with Crippen LogP contribution >= 0.6 is 11.8 Å². The summed E-state index contributed by atoms with van der Waals surface area (Å²) in [5, 5.41) is 3.39. The average molecular weight is 226 g/mol. The van der Waals surface area contributed by atoms with Crippen molar-refractivity contribution in [2.75, 3.05) is 44.2 Å². The van der Waals surface area contributed by atoms with Crippen molar-refractivity contribution >= 4 is 11.8 Å². The Labute approximate surface area is 97.5 Å². The van der Waals surface area contributed by atoms with Crippen molar-refractivity contribution in [2.24, 2.45) is 5.92 Å². The Kier molecular flexibility index (Phi) is 4.54. The van der Waals surface area contributed by atoms with Crippen LogP contribution in [0.3, 0.4) is 0 Å². The molecule has 0 radical (unpaired) electrons. The molecule has 2 fully saturated rings. The van der Waals surface area contributed by atoms with Crippen LogP contribution in [0.5, 0.6) is 0 Å². The normalized spacial score (nSPS) is 25.3. The zero-order valence-corrected chi connectivity index (χ0v) is 10.3. The van der Waals surface area contributed by atoms with Gasteiger partial charge >= 0.3 is 0 Å². The number of nitrogens with one attached hydrogen (secondary N) is 1. The van der Waals surface area contributed by atoms with E-state index in [9.17, 15) is 0 Å². The Balaban J connectivity index is 1.74. The zero-order chi connectivity index (χ0) is 10.5. The topological polar surface area (TPSA) is 15.3 Å². The summed E-state index contributed by atoms with van der Waals surface area (Å²) in [4.78, 5) is 2.54. The monoisotopic (exact) mass is 226 g/mol. The van der Waals surface area contributed by atoms with Gasteiger partial charge in [-0.1, -0.05) is 12.2 Å². The fraction of sp³-hybridized carbons (Fsp3) is 0.833. The van der Waals surface area contributed by atoms with Crippen LogP contribution in [0.2, 0.25) is 0 Å². The maximum Gasteiger partial charge on any atom is 0.0194 e. The van der Waals surface area contributed by atoms with Crippen LogP contribution in [0, 0.1) is 5.92 Å². The van der Waals surface area contributed by atoms with Crippen LogP contribution < -0.4 is 5.32 Å². The fourth-order valence-corrected chi connectivity index (χ4v) is 3.50. The SMILES string of the molecule is C=C(CN1CCNCC1)C1CCSCC1. The highest BCUT2D eigenvalue weighted by atomic mass is 32.2. The van der Waals surface area contributed by atoms with Gasteiger partial charge in [0, 0.05) is 32.7 Å². The van der Waals surface area contributed by atoms with Crippen molar-refractivity contribution < 1.29 is 0 Å². The van der Waals surface area contributed by atoms with E-state index >= 15 is 0 Å². The van der Waals surface area contributed by atoms with Gasteiger partial charge in [-0.2, -0.15) is 11.8 Å². The minimum Gasteiger partial charge on any atom is -0.314 e. The lowest BCUT2D eigenvalue weighted by Crippen LogP contribution is -2.44. The van der Waals surface area contributed by atoms with Crippen LogP contribution in [0.25, 0.3) is 0 Å². The van der Waals surface area contributed by atoms with E-state index in [0.29, 0.717) is 0 Å². The number of nitrogens with zero attached hydrogens (tertiary/aromatic N) is 1. The van der Waals surface area contributed by atoms with Gasteiger partial charge < -0.3 is 5.32 Å². The summed E-state index contributed by atoms with van der Waals surface area (Å²) < 4.78 is 0. The lowest BCUT2D eigenvalue weighted by Gasteiger charge is -2.31. The molecule has 0 aliphatic carbocycles. The van der Waals surface area contributed by atoms with Gasteiger partial charge in [0.05, 0.1) is 0 Å². The Morgan fingerprint density at radius 1 is 1.27 bits per heavy atom. The van der Waals surface area contributed by atoms with Gasteiger partial charge in [0.2, 0.25) is 0 Å². The molecule has 0 aromatic heterocycles. The quantitative estimate of drug-likeness (QED) is 0.736. The van der Waals surface area contributed by atoms with Gasteiger partial charge in [0.15, 0.2) is 0 Å². The third-order valence-electron chi connectivity index (χ3n) is 3.43. The molecule has 0 unspecified atom stereocenters. The molecule has 0 spiro atoms. The number of hydrogen-bond donors (Lipinski definition) is 1. The first-order valence-electron chi connectivity index (χ1n) is 6.05. The van der Waals surface area contributed by atoms with E-state index in [-0.39, 0.29) is 0 Å². The van der Waals surface area contributed by atoms with Crippen molar-refractivity contribution in [3.8, 4) is 0 Å². The maximum absolute atomic E-state index is 4.30. The van der Waals surface area contributed by atoms with E-state index in [1.807, 2.05) is 0 Å². The van der Waals surface area contributed by atoms with E-state index < -0.39 is 0 Å². The molecule has 2 aliphatic rings. The highest BCUT2D eigenvalue weighted by Gasteiger charge is 2.19. The van der Waals surface area contributed by atoms with Crippen molar-refractivity contribution in [1.82, 2.24) is 10.2 Å². The number of thioether (sulfide) groups is 1. The van der Waals surface area contributed by atoms with Gasteiger partial charge in [0.1, 0.15) is 0 Å². The Hall–Kier alpha value is 0.0100. The molecular weight excluding hydrogens is 204 g/mol. The highest BCUT2D eigenvalue weighted by molar-refractivity contribution is 7.99. The molecule has 0 saturated carbocycles. The third-order valence-corrected chi connectivity index (χ3v) is 4.48. The molecule has 2 saturated heterocycles. The van der Waals surface area contributed by atoms with Crippen LogP contribution in [-0.2, 0) is 0 Å². The summed E-state index contributed by atoms with van der Waals surface area (Å²) >= 11 is 2.10. The summed E-state index contributed by atoms with van der Waals surface area (Å²) in [5.41, 5.74) is 1.48. The summed E-state index contributed by atoms with van der Waals surface area (Å²) in [6.07, 6.45) is 2.71. The first-order chi connectivity index (χ1) is 7.36. The van der Waals surface area contributed by atoms with E-state index in [4.69, 9.17) is 0 Å². The first kappa shape index (κ1) is 11.5. The molecule has 2 nitrogen and oxygen atoms in total. The predicted octanol–water partition coefficient (Wildman–Crippen LogP) is 1.59. The Morgan fingerprint density at radius 2 is 1.93 bits per heavy atom. The van der Waals surface area contributed by atoms with E-state index in [1.54, 1.807) is 0 Å². The molecule has 3 heteroatoms. The minimum atomic E-state index is 0.807. The molecule has 2 rings (SSSR count). The van der Waals surface area contributed by atoms with Crippen LogP contribution in [0.15, 0.2) is 12.2 Å². The van der Waals surface area contributed by atoms with Crippen molar-refractivity contribution in [3.63, 3.8) is 0 Å². The summed E-state index contributed by atoms with van der Waals surface area (Å²) in [5.74, 6) is 3.48. The zero-order valence-electron chi connectivity index (χ0n) is 9.50.